The van der Waals surface area contributed by atoms with Gasteiger partial charge in [-0.05, 0) is 75.0 Å². The molecular formula is C17H28BFN2O3. The largest absolute Gasteiger partial charge is 0.495 e. The molecule has 1 atom stereocenters. The fraction of sp³-hybridized carbons (Fsp3) is 0.647. The van der Waals surface area contributed by atoms with Crippen molar-refractivity contribution in [1.82, 2.24) is 4.90 Å². The first-order valence-corrected chi connectivity index (χ1v) is 8.61. The van der Waals surface area contributed by atoms with Gasteiger partial charge >= 0.3 is 7.12 Å². The van der Waals surface area contributed by atoms with E-state index in [0.29, 0.717) is 26.0 Å². The third-order valence-corrected chi connectivity index (χ3v) is 4.22. The average Bonchev–Trinajstić information content (AvgIpc) is 2.89. The van der Waals surface area contributed by atoms with Gasteiger partial charge in [-0.3, -0.25) is 0 Å². The Balaban J connectivity index is 2.13. The van der Waals surface area contributed by atoms with Crippen molar-refractivity contribution in [3.8, 4) is 0 Å². The van der Waals surface area contributed by atoms with Crippen LogP contribution < -0.4 is 11.2 Å². The lowest BCUT2D eigenvalue weighted by Crippen LogP contribution is -2.36. The standard InChI is InChI=1S/C17H28BFN2O3/c1-21(2)7-5-9-23-18-17-13(6-3-4-8-22)10-14(19)11-15(17)16(12-20)24-18/h10-11,16,22H,3-9,12,20H2,1-2H3/t16-/m1/s1. The van der Waals surface area contributed by atoms with Crippen LogP contribution in [0.5, 0.6) is 0 Å². The lowest BCUT2D eigenvalue weighted by atomic mass is 9.74. The van der Waals surface area contributed by atoms with E-state index in [2.05, 4.69) is 4.90 Å². The predicted octanol–water partition coefficient (Wildman–Crippen LogP) is 0.834. The molecule has 0 aliphatic carbocycles. The Kier molecular flexibility index (Phi) is 7.64. The fourth-order valence-electron chi connectivity index (χ4n) is 3.05. The molecule has 0 fully saturated rings. The van der Waals surface area contributed by atoms with Crippen LogP contribution in [0.1, 0.15) is 36.5 Å². The zero-order chi connectivity index (χ0) is 17.5. The second-order valence-corrected chi connectivity index (χ2v) is 6.47. The Hall–Kier alpha value is -0.985. The number of aliphatic hydroxyl groups is 1. The van der Waals surface area contributed by atoms with E-state index in [0.717, 1.165) is 36.0 Å². The summed E-state index contributed by atoms with van der Waals surface area (Å²) in [7, 11) is 3.56. The van der Waals surface area contributed by atoms with E-state index in [1.165, 1.54) is 6.07 Å². The maximum absolute atomic E-state index is 14.0. The van der Waals surface area contributed by atoms with Crippen LogP contribution >= 0.6 is 0 Å². The Labute approximate surface area is 144 Å². The summed E-state index contributed by atoms with van der Waals surface area (Å²) >= 11 is 0. The van der Waals surface area contributed by atoms with Gasteiger partial charge in [-0.2, -0.15) is 0 Å². The molecule has 1 aliphatic heterocycles. The highest BCUT2D eigenvalue weighted by Gasteiger charge is 2.39. The van der Waals surface area contributed by atoms with E-state index >= 15 is 0 Å². The van der Waals surface area contributed by atoms with Gasteiger partial charge in [0.05, 0.1) is 6.10 Å². The molecule has 7 heteroatoms. The summed E-state index contributed by atoms with van der Waals surface area (Å²) in [6, 6.07) is 3.06. The van der Waals surface area contributed by atoms with Crippen LogP contribution in [0.15, 0.2) is 12.1 Å². The Morgan fingerprint density at radius 2 is 2.12 bits per heavy atom. The molecular weight excluding hydrogens is 310 g/mol. The van der Waals surface area contributed by atoms with Crippen molar-refractivity contribution in [1.29, 1.82) is 0 Å². The van der Waals surface area contributed by atoms with Crippen LogP contribution in [0.4, 0.5) is 4.39 Å². The van der Waals surface area contributed by atoms with Gasteiger partial charge < -0.3 is 25.0 Å². The molecule has 0 radical (unpaired) electrons. The lowest BCUT2D eigenvalue weighted by molar-refractivity contribution is 0.159. The summed E-state index contributed by atoms with van der Waals surface area (Å²) in [5.41, 5.74) is 8.41. The summed E-state index contributed by atoms with van der Waals surface area (Å²) in [6.45, 7) is 1.95. The van der Waals surface area contributed by atoms with Gasteiger partial charge in [0, 0.05) is 19.8 Å². The number of nitrogens with zero attached hydrogens (tertiary/aromatic N) is 1. The molecule has 0 saturated heterocycles. The molecule has 0 unspecified atom stereocenters. The van der Waals surface area contributed by atoms with Gasteiger partial charge in [-0.25, -0.2) is 4.39 Å². The molecule has 5 nitrogen and oxygen atoms in total. The minimum Gasteiger partial charge on any atom is -0.407 e. The first-order valence-electron chi connectivity index (χ1n) is 8.61. The SMILES string of the molecule is CN(C)CCCOB1O[C@H](CN)c2cc(F)cc(CCCCO)c21. The highest BCUT2D eigenvalue weighted by molar-refractivity contribution is 6.63. The smallest absolute Gasteiger partial charge is 0.407 e. The van der Waals surface area contributed by atoms with Gasteiger partial charge in [0.2, 0.25) is 0 Å². The van der Waals surface area contributed by atoms with Crippen molar-refractivity contribution >= 4 is 12.6 Å². The highest BCUT2D eigenvalue weighted by atomic mass is 19.1. The van der Waals surface area contributed by atoms with Crippen molar-refractivity contribution in [3.05, 3.63) is 29.1 Å². The number of aliphatic hydroxyl groups excluding tert-OH is 1. The molecule has 3 N–H and O–H groups in total. The van der Waals surface area contributed by atoms with Crippen LogP contribution in [0, 0.1) is 5.82 Å². The topological polar surface area (TPSA) is 68.0 Å². The van der Waals surface area contributed by atoms with E-state index in [1.807, 2.05) is 14.1 Å². The third-order valence-electron chi connectivity index (χ3n) is 4.22. The maximum Gasteiger partial charge on any atom is 0.495 e. The zero-order valence-corrected chi connectivity index (χ0v) is 14.6. The van der Waals surface area contributed by atoms with Gasteiger partial charge in [-0.1, -0.05) is 0 Å². The Bertz CT molecular complexity index is 531. The minimum atomic E-state index is -0.486. The van der Waals surface area contributed by atoms with Gasteiger partial charge in [0.25, 0.3) is 0 Å². The van der Waals surface area contributed by atoms with Crippen molar-refractivity contribution in [2.75, 3.05) is 40.4 Å². The second-order valence-electron chi connectivity index (χ2n) is 6.47. The summed E-state index contributed by atoms with van der Waals surface area (Å²) < 4.78 is 25.8. The third kappa shape index (κ3) is 5.00. The van der Waals surface area contributed by atoms with Crippen molar-refractivity contribution in [3.63, 3.8) is 0 Å². The van der Waals surface area contributed by atoms with Crippen LogP contribution in [0.3, 0.4) is 0 Å². The number of hydrogen-bond donors (Lipinski definition) is 2. The second kappa shape index (κ2) is 9.49. The first kappa shape index (κ1) is 19.3. The van der Waals surface area contributed by atoms with Crippen LogP contribution in [0.25, 0.3) is 0 Å². The van der Waals surface area contributed by atoms with E-state index in [9.17, 15) is 4.39 Å². The van der Waals surface area contributed by atoms with Gasteiger partial charge in [0.15, 0.2) is 0 Å². The number of benzene rings is 1. The normalized spacial score (nSPS) is 16.9. The number of nitrogens with two attached hydrogens (primary N) is 1. The molecule has 1 heterocycles. The molecule has 1 aromatic carbocycles. The molecule has 0 saturated carbocycles. The molecule has 0 amide bonds. The van der Waals surface area contributed by atoms with Gasteiger partial charge in [0.1, 0.15) is 5.82 Å². The number of halogens is 1. The van der Waals surface area contributed by atoms with E-state index < -0.39 is 7.12 Å². The van der Waals surface area contributed by atoms with E-state index in [4.69, 9.17) is 20.1 Å². The summed E-state index contributed by atoms with van der Waals surface area (Å²) in [5, 5.41) is 8.97. The van der Waals surface area contributed by atoms with Crippen molar-refractivity contribution in [2.45, 2.75) is 31.8 Å². The Morgan fingerprint density at radius 1 is 1.33 bits per heavy atom. The molecule has 0 spiro atoms. The minimum absolute atomic E-state index is 0.143. The molecule has 134 valence electrons. The summed E-state index contributed by atoms with van der Waals surface area (Å²) in [5.74, 6) is -0.275. The average molecular weight is 338 g/mol. The molecule has 1 aliphatic rings. The molecule has 0 aromatic heterocycles. The fourth-order valence-corrected chi connectivity index (χ4v) is 3.05. The first-order chi connectivity index (χ1) is 11.6. The van der Waals surface area contributed by atoms with Crippen molar-refractivity contribution in [2.24, 2.45) is 5.73 Å². The number of rotatable bonds is 10. The monoisotopic (exact) mass is 338 g/mol. The Morgan fingerprint density at radius 3 is 2.79 bits per heavy atom. The van der Waals surface area contributed by atoms with E-state index in [-0.39, 0.29) is 18.5 Å². The quantitative estimate of drug-likeness (QED) is 0.489. The van der Waals surface area contributed by atoms with Crippen LogP contribution in [-0.4, -0.2) is 57.5 Å². The molecule has 2 rings (SSSR count). The predicted molar refractivity (Wildman–Crippen MR) is 93.8 cm³/mol. The van der Waals surface area contributed by atoms with Gasteiger partial charge in [-0.15, -0.1) is 0 Å². The van der Waals surface area contributed by atoms with Crippen LogP contribution in [-0.2, 0) is 15.7 Å². The zero-order valence-electron chi connectivity index (χ0n) is 14.6. The summed E-state index contributed by atoms with van der Waals surface area (Å²) in [4.78, 5) is 2.10. The number of unbranched alkanes of at least 4 members (excludes halogenated alkanes) is 1. The number of hydrogen-bond acceptors (Lipinski definition) is 5. The molecule has 24 heavy (non-hydrogen) atoms. The molecule has 0 bridgehead atoms. The number of fused-ring (bicyclic) bond motifs is 1. The van der Waals surface area contributed by atoms with Crippen LogP contribution in [0.2, 0.25) is 0 Å². The van der Waals surface area contributed by atoms with E-state index in [1.54, 1.807) is 6.07 Å². The molecule has 1 aromatic rings. The highest BCUT2D eigenvalue weighted by Crippen LogP contribution is 2.27. The number of aryl methyl sites for hydroxylation is 1. The maximum atomic E-state index is 14.0. The summed E-state index contributed by atoms with van der Waals surface area (Å²) in [6.07, 6.45) is 2.76. The lowest BCUT2D eigenvalue weighted by Gasteiger charge is -2.14. The van der Waals surface area contributed by atoms with Crippen molar-refractivity contribution < 1.29 is 18.8 Å².